The zero-order chi connectivity index (χ0) is 14.2. The van der Waals surface area contributed by atoms with Crippen LogP contribution in [-0.4, -0.2) is 11.2 Å². The van der Waals surface area contributed by atoms with E-state index in [0.717, 1.165) is 0 Å². The van der Waals surface area contributed by atoms with Gasteiger partial charge in [0.2, 0.25) is 0 Å². The van der Waals surface area contributed by atoms with E-state index in [4.69, 9.17) is 4.42 Å². The predicted octanol–water partition coefficient (Wildman–Crippen LogP) is 4.50. The van der Waals surface area contributed by atoms with Crippen LogP contribution in [0.1, 0.15) is 16.1 Å². The van der Waals surface area contributed by atoms with Gasteiger partial charge in [-0.25, -0.2) is 0 Å². The lowest BCUT2D eigenvalue weighted by Gasteiger charge is -2.08. The van der Waals surface area contributed by atoms with Crippen LogP contribution in [-0.2, 0) is 0 Å². The number of carbonyl (C=O) groups excluding carboxylic acids is 1. The molecule has 19 heavy (non-hydrogen) atoms. The average molecular weight is 389 g/mol. The quantitative estimate of drug-likeness (QED) is 0.440. The lowest BCUT2D eigenvalue weighted by molar-refractivity contribution is -0.386. The van der Waals surface area contributed by atoms with Gasteiger partial charge in [-0.05, 0) is 57.0 Å². The van der Waals surface area contributed by atoms with E-state index >= 15 is 0 Å². The standard InChI is InChI=1S/C12H7Br2NO4/c1-6-11(10-3-2-7(5-16)19-10)8(13)4-9(14)12(6)15(17)18/h2-5H,1H3. The van der Waals surface area contributed by atoms with E-state index in [1.807, 2.05) is 0 Å². The lowest BCUT2D eigenvalue weighted by atomic mass is 10.0. The molecule has 1 aromatic heterocycles. The highest BCUT2D eigenvalue weighted by molar-refractivity contribution is 9.11. The molecule has 0 N–H and O–H groups in total. The molecule has 98 valence electrons. The maximum atomic E-state index is 11.1. The summed E-state index contributed by atoms with van der Waals surface area (Å²) in [5.74, 6) is 0.578. The first-order valence-corrected chi connectivity index (χ1v) is 6.72. The van der Waals surface area contributed by atoms with Gasteiger partial charge in [0.1, 0.15) is 5.76 Å². The van der Waals surface area contributed by atoms with Crippen LogP contribution in [0.25, 0.3) is 11.3 Å². The zero-order valence-corrected chi connectivity index (χ0v) is 12.8. The highest BCUT2D eigenvalue weighted by atomic mass is 79.9. The van der Waals surface area contributed by atoms with Crippen molar-refractivity contribution in [3.63, 3.8) is 0 Å². The normalized spacial score (nSPS) is 10.5. The molecule has 0 spiro atoms. The van der Waals surface area contributed by atoms with Gasteiger partial charge in [0.15, 0.2) is 12.0 Å². The average Bonchev–Trinajstić information content (AvgIpc) is 2.76. The Morgan fingerprint density at radius 3 is 2.53 bits per heavy atom. The number of nitrogens with zero attached hydrogens (tertiary/aromatic N) is 1. The molecule has 0 aliphatic heterocycles. The van der Waals surface area contributed by atoms with E-state index in [2.05, 4.69) is 31.9 Å². The van der Waals surface area contributed by atoms with Crippen molar-refractivity contribution in [3.8, 4) is 11.3 Å². The minimum Gasteiger partial charge on any atom is -0.453 e. The van der Waals surface area contributed by atoms with Crippen LogP contribution in [0.2, 0.25) is 0 Å². The van der Waals surface area contributed by atoms with Crippen LogP contribution in [0.4, 0.5) is 5.69 Å². The second-order valence-electron chi connectivity index (χ2n) is 3.77. The maximum absolute atomic E-state index is 11.1. The number of nitro benzene ring substituents is 1. The first-order valence-electron chi connectivity index (χ1n) is 5.14. The summed E-state index contributed by atoms with van der Waals surface area (Å²) in [6.45, 7) is 1.63. The van der Waals surface area contributed by atoms with Crippen molar-refractivity contribution in [1.29, 1.82) is 0 Å². The Hall–Kier alpha value is -1.47. The Kier molecular flexibility index (Phi) is 3.86. The van der Waals surface area contributed by atoms with Crippen LogP contribution in [0.5, 0.6) is 0 Å². The van der Waals surface area contributed by atoms with Gasteiger partial charge in [-0.15, -0.1) is 0 Å². The number of hydrogen-bond acceptors (Lipinski definition) is 4. The molecule has 0 radical (unpaired) electrons. The fraction of sp³-hybridized carbons (Fsp3) is 0.0833. The first kappa shape index (κ1) is 14.0. The summed E-state index contributed by atoms with van der Waals surface area (Å²) in [6.07, 6.45) is 0.583. The van der Waals surface area contributed by atoms with Crippen LogP contribution in [0.3, 0.4) is 0 Å². The lowest BCUT2D eigenvalue weighted by Crippen LogP contribution is -1.96. The third kappa shape index (κ3) is 2.48. The van der Waals surface area contributed by atoms with Crippen LogP contribution < -0.4 is 0 Å². The summed E-state index contributed by atoms with van der Waals surface area (Å²) in [7, 11) is 0. The molecule has 0 saturated carbocycles. The topological polar surface area (TPSA) is 73.3 Å². The Morgan fingerprint density at radius 1 is 1.32 bits per heavy atom. The predicted molar refractivity (Wildman–Crippen MR) is 76.3 cm³/mol. The number of furan rings is 1. The van der Waals surface area contributed by atoms with E-state index in [9.17, 15) is 14.9 Å². The summed E-state index contributed by atoms with van der Waals surface area (Å²) in [5, 5.41) is 11.1. The van der Waals surface area contributed by atoms with Gasteiger partial charge in [0.25, 0.3) is 5.69 Å². The zero-order valence-electron chi connectivity index (χ0n) is 9.65. The number of benzene rings is 1. The molecule has 0 aliphatic carbocycles. The molecule has 5 nitrogen and oxygen atoms in total. The molecule has 0 fully saturated rings. The van der Waals surface area contributed by atoms with Gasteiger partial charge in [-0.3, -0.25) is 14.9 Å². The van der Waals surface area contributed by atoms with Gasteiger partial charge < -0.3 is 4.42 Å². The molecule has 2 rings (SSSR count). The molecule has 2 aromatic rings. The number of nitro groups is 1. The van der Waals surface area contributed by atoms with Crippen molar-refractivity contribution in [2.75, 3.05) is 0 Å². The molecule has 7 heteroatoms. The molecule has 0 bridgehead atoms. The Balaban J connectivity index is 2.72. The van der Waals surface area contributed by atoms with E-state index in [-0.39, 0.29) is 11.4 Å². The van der Waals surface area contributed by atoms with Gasteiger partial charge in [-0.1, -0.05) is 0 Å². The first-order chi connectivity index (χ1) is 8.95. The third-order valence-electron chi connectivity index (χ3n) is 2.62. The highest BCUT2D eigenvalue weighted by Gasteiger charge is 2.23. The van der Waals surface area contributed by atoms with Gasteiger partial charge in [0.05, 0.1) is 9.40 Å². The Morgan fingerprint density at radius 2 is 2.00 bits per heavy atom. The number of aldehydes is 1. The summed E-state index contributed by atoms with van der Waals surface area (Å²) >= 11 is 6.51. The summed E-state index contributed by atoms with van der Waals surface area (Å²) in [6, 6.07) is 4.71. The minimum absolute atomic E-state index is 0.0257. The second-order valence-corrected chi connectivity index (χ2v) is 5.47. The SMILES string of the molecule is Cc1c(-c2ccc(C=O)o2)c(Br)cc(Br)c1[N+](=O)[O-]. The fourth-order valence-corrected chi connectivity index (χ4v) is 3.51. The maximum Gasteiger partial charge on any atom is 0.287 e. The van der Waals surface area contributed by atoms with Gasteiger partial charge in [-0.2, -0.15) is 0 Å². The van der Waals surface area contributed by atoms with Crippen molar-refractivity contribution >= 4 is 43.8 Å². The molecule has 0 atom stereocenters. The fourth-order valence-electron chi connectivity index (χ4n) is 1.81. The molecule has 0 unspecified atom stereocenters. The largest absolute Gasteiger partial charge is 0.453 e. The van der Waals surface area contributed by atoms with Crippen LogP contribution in [0, 0.1) is 17.0 Å². The molecular formula is C12H7Br2NO4. The molecule has 1 aromatic carbocycles. The van der Waals surface area contributed by atoms with Crippen molar-refractivity contribution in [2.45, 2.75) is 6.92 Å². The number of rotatable bonds is 3. The summed E-state index contributed by atoms with van der Waals surface area (Å²) in [5.41, 5.74) is 0.989. The van der Waals surface area contributed by atoms with Gasteiger partial charge >= 0.3 is 0 Å². The monoisotopic (exact) mass is 387 g/mol. The van der Waals surface area contributed by atoms with E-state index in [1.54, 1.807) is 19.1 Å². The van der Waals surface area contributed by atoms with Crippen molar-refractivity contribution in [1.82, 2.24) is 0 Å². The van der Waals surface area contributed by atoms with Crippen molar-refractivity contribution in [3.05, 3.63) is 48.6 Å². The number of hydrogen-bond donors (Lipinski definition) is 0. The van der Waals surface area contributed by atoms with E-state index in [0.29, 0.717) is 32.1 Å². The highest BCUT2D eigenvalue weighted by Crippen LogP contribution is 2.41. The second kappa shape index (κ2) is 5.26. The van der Waals surface area contributed by atoms with Crippen molar-refractivity contribution in [2.24, 2.45) is 0 Å². The third-order valence-corrected chi connectivity index (χ3v) is 3.85. The summed E-state index contributed by atoms with van der Waals surface area (Å²) in [4.78, 5) is 21.2. The molecule has 0 aliphatic rings. The van der Waals surface area contributed by atoms with E-state index < -0.39 is 4.92 Å². The molecule has 1 heterocycles. The number of carbonyl (C=O) groups is 1. The van der Waals surface area contributed by atoms with Gasteiger partial charge in [0, 0.05) is 15.6 Å². The molecule has 0 saturated heterocycles. The van der Waals surface area contributed by atoms with Crippen molar-refractivity contribution < 1.29 is 14.1 Å². The Bertz CT molecular complexity index is 679. The number of halogens is 2. The smallest absolute Gasteiger partial charge is 0.287 e. The minimum atomic E-state index is -0.459. The van der Waals surface area contributed by atoms with Crippen LogP contribution in [0.15, 0.2) is 31.6 Å². The van der Waals surface area contributed by atoms with Crippen LogP contribution >= 0.6 is 31.9 Å². The molecule has 0 amide bonds. The van der Waals surface area contributed by atoms with E-state index in [1.165, 1.54) is 6.07 Å². The Labute approximate surface area is 125 Å². The molecular weight excluding hydrogens is 382 g/mol. The summed E-state index contributed by atoms with van der Waals surface area (Å²) < 4.78 is 6.35.